The first-order chi connectivity index (χ1) is 9.65. The number of benzene rings is 1. The molecule has 1 aromatic carbocycles. The lowest BCUT2D eigenvalue weighted by atomic mass is 9.99. The Bertz CT molecular complexity index is 523. The minimum Gasteiger partial charge on any atom is -0.348 e. The van der Waals surface area contributed by atoms with Crippen molar-refractivity contribution in [1.29, 1.82) is 0 Å². The maximum atomic E-state index is 13.7. The summed E-state index contributed by atoms with van der Waals surface area (Å²) in [7, 11) is 0. The quantitative estimate of drug-likeness (QED) is 0.821. The molecule has 1 amide bonds. The monoisotopic (exact) mass is 294 g/mol. The summed E-state index contributed by atoms with van der Waals surface area (Å²) < 4.78 is 13.7. The highest BCUT2D eigenvalue weighted by atomic mass is 32.1. The van der Waals surface area contributed by atoms with Gasteiger partial charge in [0.2, 0.25) is 0 Å². The van der Waals surface area contributed by atoms with Crippen LogP contribution in [0.5, 0.6) is 0 Å². The molecule has 2 aliphatic rings. The van der Waals surface area contributed by atoms with Crippen LogP contribution in [-0.4, -0.2) is 36.0 Å². The van der Waals surface area contributed by atoms with Gasteiger partial charge in [0.05, 0.1) is 5.56 Å². The van der Waals surface area contributed by atoms with Crippen LogP contribution in [0.1, 0.15) is 36.0 Å². The van der Waals surface area contributed by atoms with Crippen molar-refractivity contribution in [1.82, 2.24) is 10.2 Å². The van der Waals surface area contributed by atoms with E-state index in [0.717, 1.165) is 25.9 Å². The Morgan fingerprint density at radius 1 is 1.30 bits per heavy atom. The fourth-order valence-corrected chi connectivity index (χ4v) is 3.55. The molecule has 20 heavy (non-hydrogen) atoms. The van der Waals surface area contributed by atoms with Gasteiger partial charge in [-0.15, -0.1) is 12.6 Å². The molecule has 0 radical (unpaired) electrons. The molecule has 1 aromatic rings. The number of rotatable bonds is 2. The summed E-state index contributed by atoms with van der Waals surface area (Å²) in [4.78, 5) is 15.3. The molecule has 0 aromatic heterocycles. The normalized spacial score (nSPS) is 26.3. The van der Waals surface area contributed by atoms with E-state index in [9.17, 15) is 9.18 Å². The number of fused-ring (bicyclic) bond motifs is 1. The summed E-state index contributed by atoms with van der Waals surface area (Å²) >= 11 is 4.16. The maximum absolute atomic E-state index is 13.7. The second-order valence-corrected chi connectivity index (χ2v) is 6.15. The molecular weight excluding hydrogens is 275 g/mol. The van der Waals surface area contributed by atoms with Gasteiger partial charge in [-0.1, -0.05) is 6.42 Å². The SMILES string of the molecule is O=C(NC1CCN2CCCCC12)c1cc(S)ccc1F. The van der Waals surface area contributed by atoms with Gasteiger partial charge >= 0.3 is 0 Å². The molecule has 3 rings (SSSR count). The van der Waals surface area contributed by atoms with Crippen LogP contribution >= 0.6 is 12.6 Å². The van der Waals surface area contributed by atoms with Crippen molar-refractivity contribution < 1.29 is 9.18 Å². The molecule has 2 unspecified atom stereocenters. The van der Waals surface area contributed by atoms with E-state index < -0.39 is 5.82 Å². The minimum absolute atomic E-state index is 0.0896. The smallest absolute Gasteiger partial charge is 0.254 e. The highest BCUT2D eigenvalue weighted by Crippen LogP contribution is 2.27. The molecule has 108 valence electrons. The second kappa shape index (κ2) is 5.74. The summed E-state index contributed by atoms with van der Waals surface area (Å²) in [5.74, 6) is -0.811. The van der Waals surface area contributed by atoms with Crippen LogP contribution in [0.2, 0.25) is 0 Å². The first-order valence-electron chi connectivity index (χ1n) is 7.18. The Balaban J connectivity index is 1.71. The zero-order valence-corrected chi connectivity index (χ0v) is 12.2. The summed E-state index contributed by atoms with van der Waals surface area (Å²) in [5.41, 5.74) is 0.0896. The Morgan fingerprint density at radius 2 is 2.15 bits per heavy atom. The number of halogens is 1. The van der Waals surface area contributed by atoms with Gasteiger partial charge in [-0.05, 0) is 44.0 Å². The van der Waals surface area contributed by atoms with Gasteiger partial charge in [0.25, 0.3) is 5.91 Å². The van der Waals surface area contributed by atoms with Gasteiger partial charge < -0.3 is 5.32 Å². The lowest BCUT2D eigenvalue weighted by molar-refractivity contribution is 0.0911. The number of amides is 1. The number of nitrogens with zero attached hydrogens (tertiary/aromatic N) is 1. The molecule has 5 heteroatoms. The van der Waals surface area contributed by atoms with Gasteiger partial charge in [-0.3, -0.25) is 9.69 Å². The van der Waals surface area contributed by atoms with E-state index in [1.165, 1.54) is 25.0 Å². The molecular formula is C15H19FN2OS. The van der Waals surface area contributed by atoms with Gasteiger partial charge in [0.15, 0.2) is 0 Å². The summed E-state index contributed by atoms with van der Waals surface area (Å²) in [5, 5.41) is 3.01. The Kier molecular flexibility index (Phi) is 3.98. The van der Waals surface area contributed by atoms with E-state index in [2.05, 4.69) is 22.8 Å². The molecule has 0 spiro atoms. The Labute approximate surface area is 123 Å². The Morgan fingerprint density at radius 3 is 3.00 bits per heavy atom. The van der Waals surface area contributed by atoms with E-state index in [1.54, 1.807) is 6.07 Å². The lowest BCUT2D eigenvalue weighted by Crippen LogP contribution is -2.46. The van der Waals surface area contributed by atoms with Crippen LogP contribution in [0.15, 0.2) is 23.1 Å². The first kappa shape index (κ1) is 13.9. The predicted octanol–water partition coefficient (Wildman–Crippen LogP) is 2.47. The van der Waals surface area contributed by atoms with Crippen molar-refractivity contribution >= 4 is 18.5 Å². The predicted molar refractivity (Wildman–Crippen MR) is 78.7 cm³/mol. The third-order valence-corrected chi connectivity index (χ3v) is 4.65. The van der Waals surface area contributed by atoms with Gasteiger partial charge in [0.1, 0.15) is 5.82 Å². The van der Waals surface area contributed by atoms with Crippen molar-refractivity contribution in [3.63, 3.8) is 0 Å². The van der Waals surface area contributed by atoms with Crippen molar-refractivity contribution in [2.45, 2.75) is 42.7 Å². The average molecular weight is 294 g/mol. The molecule has 2 aliphatic heterocycles. The van der Waals surface area contributed by atoms with E-state index >= 15 is 0 Å². The average Bonchev–Trinajstić information content (AvgIpc) is 2.85. The standard InChI is InChI=1S/C15H19FN2OS/c16-12-5-4-10(20)9-11(12)15(19)17-13-6-8-18-7-2-1-3-14(13)18/h4-5,9,13-14,20H,1-3,6-8H2,(H,17,19). The molecule has 2 fully saturated rings. The van der Waals surface area contributed by atoms with Crippen molar-refractivity contribution in [2.24, 2.45) is 0 Å². The number of hydrogen-bond donors (Lipinski definition) is 2. The van der Waals surface area contributed by atoms with E-state index in [1.807, 2.05) is 0 Å². The number of nitrogens with one attached hydrogen (secondary N) is 1. The Hall–Kier alpha value is -1.07. The van der Waals surface area contributed by atoms with E-state index in [-0.39, 0.29) is 17.5 Å². The van der Waals surface area contributed by atoms with Gasteiger partial charge in [-0.25, -0.2) is 4.39 Å². The molecule has 3 nitrogen and oxygen atoms in total. The topological polar surface area (TPSA) is 32.3 Å². The van der Waals surface area contributed by atoms with Gasteiger partial charge in [-0.2, -0.15) is 0 Å². The first-order valence-corrected chi connectivity index (χ1v) is 7.63. The second-order valence-electron chi connectivity index (χ2n) is 5.63. The number of carbonyl (C=O) groups is 1. The van der Waals surface area contributed by atoms with Crippen molar-refractivity contribution in [3.8, 4) is 0 Å². The van der Waals surface area contributed by atoms with Crippen molar-refractivity contribution in [3.05, 3.63) is 29.6 Å². The summed E-state index contributed by atoms with van der Waals surface area (Å²) in [6, 6.07) is 4.90. The number of carbonyl (C=O) groups excluding carboxylic acids is 1. The zero-order chi connectivity index (χ0) is 14.1. The number of piperidine rings is 1. The largest absolute Gasteiger partial charge is 0.348 e. The number of hydrogen-bond acceptors (Lipinski definition) is 3. The van der Waals surface area contributed by atoms with Gasteiger partial charge in [0, 0.05) is 23.5 Å². The summed E-state index contributed by atoms with van der Waals surface area (Å²) in [6.07, 6.45) is 4.54. The molecule has 0 saturated carbocycles. The van der Waals surface area contributed by atoms with Crippen LogP contribution in [-0.2, 0) is 0 Å². The molecule has 1 N–H and O–H groups in total. The molecule has 2 heterocycles. The van der Waals surface area contributed by atoms with Crippen molar-refractivity contribution in [2.75, 3.05) is 13.1 Å². The van der Waals surface area contributed by atoms with Crippen LogP contribution in [0, 0.1) is 5.82 Å². The number of thiol groups is 1. The molecule has 2 atom stereocenters. The molecule has 0 bridgehead atoms. The third kappa shape index (κ3) is 2.69. The fourth-order valence-electron chi connectivity index (χ4n) is 3.35. The lowest BCUT2D eigenvalue weighted by Gasteiger charge is -2.32. The minimum atomic E-state index is -0.487. The fraction of sp³-hybridized carbons (Fsp3) is 0.533. The van der Waals surface area contributed by atoms with Crippen LogP contribution in [0.3, 0.4) is 0 Å². The third-order valence-electron chi connectivity index (χ3n) is 4.37. The highest BCUT2D eigenvalue weighted by molar-refractivity contribution is 7.80. The zero-order valence-electron chi connectivity index (χ0n) is 11.3. The highest BCUT2D eigenvalue weighted by Gasteiger charge is 2.36. The van der Waals surface area contributed by atoms with E-state index in [0.29, 0.717) is 10.9 Å². The summed E-state index contributed by atoms with van der Waals surface area (Å²) in [6.45, 7) is 2.15. The van der Waals surface area contributed by atoms with Crippen LogP contribution in [0.4, 0.5) is 4.39 Å². The van der Waals surface area contributed by atoms with Crippen LogP contribution < -0.4 is 5.32 Å². The van der Waals surface area contributed by atoms with Crippen LogP contribution in [0.25, 0.3) is 0 Å². The molecule has 0 aliphatic carbocycles. The molecule has 2 saturated heterocycles. The maximum Gasteiger partial charge on any atom is 0.254 e. The van der Waals surface area contributed by atoms with E-state index in [4.69, 9.17) is 0 Å².